The Kier molecular flexibility index (Phi) is 4.92. The molecule has 0 radical (unpaired) electrons. The molecule has 1 N–H and O–H groups in total. The van der Waals surface area contributed by atoms with E-state index in [0.29, 0.717) is 12.4 Å². The predicted octanol–water partition coefficient (Wildman–Crippen LogP) is 3.02. The summed E-state index contributed by atoms with van der Waals surface area (Å²) in [6, 6.07) is 1.85. The van der Waals surface area contributed by atoms with Crippen LogP contribution >= 0.6 is 0 Å². The fourth-order valence-corrected chi connectivity index (χ4v) is 1.43. The fourth-order valence-electron chi connectivity index (χ4n) is 1.43. The van der Waals surface area contributed by atoms with Gasteiger partial charge in [0.05, 0.1) is 0 Å². The first-order valence-electron chi connectivity index (χ1n) is 6.12. The maximum atomic E-state index is 11.9. The number of ether oxygens (including phenoxy) is 1. The van der Waals surface area contributed by atoms with E-state index in [1.807, 2.05) is 6.07 Å². The average molecular weight is 263 g/mol. The quantitative estimate of drug-likeness (QED) is 0.831. The Morgan fingerprint density at radius 2 is 2.16 bits per heavy atom. The van der Waals surface area contributed by atoms with Crippen LogP contribution in [0.25, 0.3) is 0 Å². The second-order valence-corrected chi connectivity index (χ2v) is 5.15. The molecule has 104 valence electrons. The molecule has 1 rings (SSSR count). The molecular formula is C14H21N3O2. The van der Waals surface area contributed by atoms with Gasteiger partial charge in [-0.15, -0.1) is 6.58 Å². The molecule has 0 spiro atoms. The van der Waals surface area contributed by atoms with E-state index in [1.165, 1.54) is 11.0 Å². The second kappa shape index (κ2) is 6.22. The number of rotatable bonds is 5. The number of H-pyrrole nitrogens is 1. The molecule has 5 heteroatoms. The number of carbonyl (C=O) groups is 1. The van der Waals surface area contributed by atoms with Gasteiger partial charge in [-0.25, -0.2) is 4.79 Å². The molecule has 0 atom stereocenters. The van der Waals surface area contributed by atoms with Gasteiger partial charge in [0.25, 0.3) is 0 Å². The first kappa shape index (κ1) is 15.0. The van der Waals surface area contributed by atoms with E-state index < -0.39 is 6.09 Å². The Bertz CT molecular complexity index is 458. The number of nitrogens with zero attached hydrogens (tertiary/aromatic N) is 2. The summed E-state index contributed by atoms with van der Waals surface area (Å²) >= 11 is 0. The molecule has 0 saturated heterocycles. The number of amides is 1. The predicted molar refractivity (Wildman–Crippen MR) is 76.4 cm³/mol. The number of carbonyl (C=O) groups excluding carboxylic acids is 1. The third kappa shape index (κ3) is 3.98. The third-order valence-corrected chi connectivity index (χ3v) is 2.51. The molecule has 0 unspecified atom stereocenters. The van der Waals surface area contributed by atoms with Crippen LogP contribution in [-0.2, 0) is 10.2 Å². The number of anilines is 1. The Morgan fingerprint density at radius 3 is 2.63 bits per heavy atom. The van der Waals surface area contributed by atoms with Crippen molar-refractivity contribution < 1.29 is 9.53 Å². The molecule has 0 aromatic carbocycles. The largest absolute Gasteiger partial charge is 0.445 e. The van der Waals surface area contributed by atoms with Gasteiger partial charge in [0.1, 0.15) is 6.61 Å². The van der Waals surface area contributed by atoms with E-state index in [1.54, 1.807) is 6.08 Å². The van der Waals surface area contributed by atoms with Crippen molar-refractivity contribution in [1.82, 2.24) is 10.2 Å². The Labute approximate surface area is 113 Å². The highest BCUT2D eigenvalue weighted by molar-refractivity contribution is 5.86. The summed E-state index contributed by atoms with van der Waals surface area (Å²) in [5.41, 5.74) is 0.893. The van der Waals surface area contributed by atoms with E-state index in [4.69, 9.17) is 4.74 Å². The van der Waals surface area contributed by atoms with Crippen molar-refractivity contribution in [1.29, 1.82) is 0 Å². The molecule has 0 saturated carbocycles. The molecule has 0 aliphatic rings. The highest BCUT2D eigenvalue weighted by Crippen LogP contribution is 2.24. The van der Waals surface area contributed by atoms with Crippen LogP contribution in [0.3, 0.4) is 0 Å². The van der Waals surface area contributed by atoms with E-state index in [9.17, 15) is 4.79 Å². The smallest absolute Gasteiger partial charge is 0.416 e. The van der Waals surface area contributed by atoms with Crippen LogP contribution in [0.4, 0.5) is 10.6 Å². The van der Waals surface area contributed by atoms with Gasteiger partial charge in [0.15, 0.2) is 5.82 Å². The lowest BCUT2D eigenvalue weighted by Crippen LogP contribution is -2.32. The summed E-state index contributed by atoms with van der Waals surface area (Å²) in [5.74, 6) is 0.527. The van der Waals surface area contributed by atoms with Crippen molar-refractivity contribution in [3.8, 4) is 0 Å². The van der Waals surface area contributed by atoms with Gasteiger partial charge in [-0.2, -0.15) is 5.10 Å². The summed E-state index contributed by atoms with van der Waals surface area (Å²) in [6.45, 7) is 13.9. The maximum absolute atomic E-state index is 11.9. The standard InChI is InChI=1S/C14H21N3O2/c1-6-8-17(13(18)19-9-7-2)12-10-11(15-16-12)14(3,4)5/h6-7,10H,1-2,8-9H2,3-5H3,(H,15,16). The van der Waals surface area contributed by atoms with Gasteiger partial charge in [-0.05, 0) is 0 Å². The van der Waals surface area contributed by atoms with Crippen LogP contribution < -0.4 is 4.90 Å². The average Bonchev–Trinajstić information content (AvgIpc) is 2.82. The van der Waals surface area contributed by atoms with Crippen molar-refractivity contribution in [2.75, 3.05) is 18.1 Å². The maximum Gasteiger partial charge on any atom is 0.416 e. The van der Waals surface area contributed by atoms with E-state index in [0.717, 1.165) is 5.69 Å². The number of aromatic amines is 1. The van der Waals surface area contributed by atoms with Crippen LogP contribution in [0.15, 0.2) is 31.4 Å². The number of aromatic nitrogens is 2. The molecule has 19 heavy (non-hydrogen) atoms. The van der Waals surface area contributed by atoms with Crippen molar-refractivity contribution >= 4 is 11.9 Å². The molecule has 1 amide bonds. The second-order valence-electron chi connectivity index (χ2n) is 5.15. The minimum Gasteiger partial charge on any atom is -0.445 e. The molecule has 1 aromatic rings. The molecule has 5 nitrogen and oxygen atoms in total. The summed E-state index contributed by atoms with van der Waals surface area (Å²) < 4.78 is 5.02. The van der Waals surface area contributed by atoms with Crippen molar-refractivity contribution in [2.24, 2.45) is 0 Å². The number of nitrogens with one attached hydrogen (secondary N) is 1. The van der Waals surface area contributed by atoms with E-state index in [2.05, 4.69) is 44.1 Å². The zero-order chi connectivity index (χ0) is 14.5. The van der Waals surface area contributed by atoms with Gasteiger partial charge in [0.2, 0.25) is 0 Å². The van der Waals surface area contributed by atoms with Gasteiger partial charge >= 0.3 is 6.09 Å². The van der Waals surface area contributed by atoms with Crippen LogP contribution in [0.1, 0.15) is 26.5 Å². The molecule has 0 aliphatic heterocycles. The zero-order valence-electron chi connectivity index (χ0n) is 11.8. The van der Waals surface area contributed by atoms with Crippen molar-refractivity contribution in [3.63, 3.8) is 0 Å². The molecule has 0 aliphatic carbocycles. The zero-order valence-corrected chi connectivity index (χ0v) is 11.8. The summed E-state index contributed by atoms with van der Waals surface area (Å²) in [4.78, 5) is 13.3. The minimum atomic E-state index is -0.466. The Balaban J connectivity index is 2.92. The number of hydrogen-bond acceptors (Lipinski definition) is 3. The highest BCUT2D eigenvalue weighted by atomic mass is 16.6. The lowest BCUT2D eigenvalue weighted by molar-refractivity contribution is 0.166. The molecule has 1 aromatic heterocycles. The van der Waals surface area contributed by atoms with Gasteiger partial charge in [-0.1, -0.05) is 39.5 Å². The SMILES string of the molecule is C=CCOC(=O)N(CC=C)c1cc(C(C)(C)C)[nH]n1. The molecule has 0 fully saturated rings. The van der Waals surface area contributed by atoms with Crippen LogP contribution in [0.5, 0.6) is 0 Å². The van der Waals surface area contributed by atoms with Crippen molar-refractivity contribution in [2.45, 2.75) is 26.2 Å². The monoisotopic (exact) mass is 263 g/mol. The topological polar surface area (TPSA) is 58.2 Å². The highest BCUT2D eigenvalue weighted by Gasteiger charge is 2.22. The van der Waals surface area contributed by atoms with Crippen LogP contribution in [0, 0.1) is 0 Å². The normalized spacial score (nSPS) is 10.9. The summed E-state index contributed by atoms with van der Waals surface area (Å²) in [5, 5.41) is 7.10. The van der Waals surface area contributed by atoms with Crippen molar-refractivity contribution in [3.05, 3.63) is 37.1 Å². The van der Waals surface area contributed by atoms with Gasteiger partial charge in [-0.3, -0.25) is 10.00 Å². The lowest BCUT2D eigenvalue weighted by atomic mass is 9.92. The summed E-state index contributed by atoms with van der Waals surface area (Å²) in [7, 11) is 0. The van der Waals surface area contributed by atoms with Crippen LogP contribution in [0.2, 0.25) is 0 Å². The van der Waals surface area contributed by atoms with E-state index >= 15 is 0 Å². The molecule has 1 heterocycles. The van der Waals surface area contributed by atoms with E-state index in [-0.39, 0.29) is 12.0 Å². The summed E-state index contributed by atoms with van der Waals surface area (Å²) in [6.07, 6.45) is 2.68. The van der Waals surface area contributed by atoms with Gasteiger partial charge in [0, 0.05) is 23.7 Å². The number of hydrogen-bond donors (Lipinski definition) is 1. The van der Waals surface area contributed by atoms with Crippen LogP contribution in [-0.4, -0.2) is 29.4 Å². The Hall–Kier alpha value is -2.04. The van der Waals surface area contributed by atoms with Gasteiger partial charge < -0.3 is 4.74 Å². The minimum absolute atomic E-state index is 0.0594. The lowest BCUT2D eigenvalue weighted by Gasteiger charge is -2.18. The molecule has 0 bridgehead atoms. The fraction of sp³-hybridized carbons (Fsp3) is 0.429. The first-order valence-corrected chi connectivity index (χ1v) is 6.12. The first-order chi connectivity index (χ1) is 8.90. The third-order valence-electron chi connectivity index (χ3n) is 2.51. The Morgan fingerprint density at radius 1 is 1.47 bits per heavy atom. The molecular weight excluding hydrogens is 242 g/mol.